The van der Waals surface area contributed by atoms with Gasteiger partial charge in [0.15, 0.2) is 5.79 Å². The minimum atomic E-state index is -0.803. The summed E-state index contributed by atoms with van der Waals surface area (Å²) in [6.07, 6.45) is 12.6. The van der Waals surface area contributed by atoms with Gasteiger partial charge in [-0.25, -0.2) is 0 Å². The molecule has 5 heteroatoms. The summed E-state index contributed by atoms with van der Waals surface area (Å²) in [5.74, 6) is 2.22. The molecule has 2 N–H and O–H groups in total. The Balaban J connectivity index is 1.32. The van der Waals surface area contributed by atoms with Gasteiger partial charge < -0.3 is 24.4 Å². The normalized spacial score (nSPS) is 53.7. The second-order valence-corrected chi connectivity index (χ2v) is 12.2. The number of hydrogen-bond acceptors (Lipinski definition) is 5. The van der Waals surface area contributed by atoms with Gasteiger partial charge in [-0.2, -0.15) is 0 Å². The summed E-state index contributed by atoms with van der Waals surface area (Å²) in [6.45, 7) is 4.80. The van der Waals surface area contributed by atoms with Crippen molar-refractivity contribution in [2.45, 2.75) is 95.5 Å². The largest absolute Gasteiger partial charge is 0.393 e. The molecule has 0 radical (unpaired) electrons. The number of aliphatic hydroxyl groups is 2. The number of aliphatic hydroxyl groups excluding tert-OH is 2. The van der Waals surface area contributed by atoms with Gasteiger partial charge in [-0.05, 0) is 105 Å². The molecule has 3 heterocycles. The van der Waals surface area contributed by atoms with E-state index in [1.807, 2.05) is 0 Å². The highest BCUT2D eigenvalue weighted by atomic mass is 16.7. The van der Waals surface area contributed by atoms with E-state index in [-0.39, 0.29) is 24.0 Å². The number of ether oxygens (including phenoxy) is 3. The van der Waals surface area contributed by atoms with Crippen LogP contribution in [0.3, 0.4) is 0 Å². The molecular formula is C26H42O5. The monoisotopic (exact) mass is 434 g/mol. The predicted octanol–water partition coefficient (Wildman–Crippen LogP) is 3.90. The first kappa shape index (κ1) is 21.3. The van der Waals surface area contributed by atoms with Crippen LogP contribution in [-0.4, -0.2) is 54.6 Å². The van der Waals surface area contributed by atoms with E-state index in [1.165, 1.54) is 25.7 Å². The highest BCUT2D eigenvalue weighted by Crippen LogP contribution is 2.69. The highest BCUT2D eigenvalue weighted by Gasteiger charge is 2.66. The van der Waals surface area contributed by atoms with Gasteiger partial charge in [0.2, 0.25) is 0 Å². The Hall–Kier alpha value is -0.200. The molecule has 7 fully saturated rings. The third-order valence-electron chi connectivity index (χ3n) is 11.1. The van der Waals surface area contributed by atoms with Crippen molar-refractivity contribution in [2.75, 3.05) is 26.4 Å². The van der Waals surface area contributed by atoms with Crippen LogP contribution in [0.2, 0.25) is 0 Å². The molecule has 7 rings (SSSR count). The molecule has 1 spiro atoms. The SMILES string of the molecule is CC12CCC3C(CC4CC5CC(O)CCC53CO4)C1CCC2C1(CO)OCCCCO1. The molecule has 0 aromatic carbocycles. The van der Waals surface area contributed by atoms with E-state index in [2.05, 4.69) is 6.92 Å². The first-order valence-electron chi connectivity index (χ1n) is 13.2. The van der Waals surface area contributed by atoms with Crippen LogP contribution >= 0.6 is 0 Å². The summed E-state index contributed by atoms with van der Waals surface area (Å²) in [5, 5.41) is 20.9. The van der Waals surface area contributed by atoms with Crippen LogP contribution < -0.4 is 0 Å². The highest BCUT2D eigenvalue weighted by molar-refractivity contribution is 5.13. The standard InChI is InChI=1S/C26H42O5/c1-24-8-7-22-20(14-19-13-17-12-18(28)6-9-25(17,22)16-29-19)21(24)4-5-23(24)26(15-27)30-10-2-3-11-31-26/h17-23,27-28H,2-16H2,1H3. The molecule has 3 saturated heterocycles. The van der Waals surface area contributed by atoms with Gasteiger partial charge in [0.05, 0.1) is 38.6 Å². The molecular weight excluding hydrogens is 392 g/mol. The maximum absolute atomic E-state index is 10.5. The van der Waals surface area contributed by atoms with E-state index in [4.69, 9.17) is 14.2 Å². The van der Waals surface area contributed by atoms with Crippen LogP contribution in [0, 0.1) is 40.4 Å². The lowest BCUT2D eigenvalue weighted by Crippen LogP contribution is -2.56. The van der Waals surface area contributed by atoms with E-state index >= 15 is 0 Å². The quantitative estimate of drug-likeness (QED) is 0.690. The maximum atomic E-state index is 10.5. The zero-order chi connectivity index (χ0) is 21.3. The number of fused-ring (bicyclic) bond motifs is 2. The van der Waals surface area contributed by atoms with E-state index < -0.39 is 5.79 Å². The van der Waals surface area contributed by atoms with Crippen LogP contribution in [0.25, 0.3) is 0 Å². The van der Waals surface area contributed by atoms with Crippen LogP contribution in [-0.2, 0) is 14.2 Å². The van der Waals surface area contributed by atoms with Crippen LogP contribution in [0.5, 0.6) is 0 Å². The molecule has 9 unspecified atom stereocenters. The summed E-state index contributed by atoms with van der Waals surface area (Å²) in [6, 6.07) is 0. The van der Waals surface area contributed by atoms with Crippen molar-refractivity contribution in [3.63, 3.8) is 0 Å². The predicted molar refractivity (Wildman–Crippen MR) is 116 cm³/mol. The van der Waals surface area contributed by atoms with Gasteiger partial charge in [-0.3, -0.25) is 0 Å². The van der Waals surface area contributed by atoms with Crippen molar-refractivity contribution in [2.24, 2.45) is 40.4 Å². The minimum Gasteiger partial charge on any atom is -0.393 e. The fraction of sp³-hybridized carbons (Fsp3) is 1.00. The fourth-order valence-corrected chi connectivity index (χ4v) is 9.75. The third-order valence-corrected chi connectivity index (χ3v) is 11.1. The van der Waals surface area contributed by atoms with Crippen molar-refractivity contribution < 1.29 is 24.4 Å². The summed E-state index contributed by atoms with van der Waals surface area (Å²) in [5.41, 5.74) is 0.457. The Morgan fingerprint density at radius 2 is 1.71 bits per heavy atom. The molecule has 4 aliphatic carbocycles. The lowest BCUT2D eigenvalue weighted by Gasteiger charge is -2.58. The topological polar surface area (TPSA) is 68.2 Å². The van der Waals surface area contributed by atoms with E-state index in [9.17, 15) is 10.2 Å². The Labute approximate surface area is 187 Å². The van der Waals surface area contributed by atoms with Crippen molar-refractivity contribution in [3.05, 3.63) is 0 Å². The summed E-state index contributed by atoms with van der Waals surface area (Å²) in [4.78, 5) is 0. The molecule has 176 valence electrons. The molecule has 0 amide bonds. The van der Waals surface area contributed by atoms with Gasteiger partial charge in [0.1, 0.15) is 0 Å². The Kier molecular flexibility index (Phi) is 5.27. The lowest BCUT2D eigenvalue weighted by atomic mass is 9.48. The van der Waals surface area contributed by atoms with Crippen molar-refractivity contribution in [1.82, 2.24) is 0 Å². The van der Waals surface area contributed by atoms with Gasteiger partial charge in [0, 0.05) is 5.92 Å². The van der Waals surface area contributed by atoms with Crippen molar-refractivity contribution in [3.8, 4) is 0 Å². The zero-order valence-corrected chi connectivity index (χ0v) is 19.3. The zero-order valence-electron chi connectivity index (χ0n) is 19.3. The van der Waals surface area contributed by atoms with Crippen LogP contribution in [0.1, 0.15) is 77.6 Å². The maximum Gasteiger partial charge on any atom is 0.194 e. The Bertz CT molecular complexity index is 675. The average Bonchev–Trinajstić information content (AvgIpc) is 2.92. The summed E-state index contributed by atoms with van der Waals surface area (Å²) in [7, 11) is 0. The first-order chi connectivity index (χ1) is 15.0. The molecule has 2 bridgehead atoms. The Morgan fingerprint density at radius 1 is 0.903 bits per heavy atom. The number of hydrogen-bond donors (Lipinski definition) is 2. The first-order valence-corrected chi connectivity index (χ1v) is 13.2. The molecule has 0 aromatic rings. The van der Waals surface area contributed by atoms with Gasteiger partial charge in [-0.15, -0.1) is 0 Å². The van der Waals surface area contributed by atoms with E-state index in [1.54, 1.807) is 0 Å². The van der Waals surface area contributed by atoms with E-state index in [0.717, 1.165) is 57.5 Å². The van der Waals surface area contributed by atoms with Crippen LogP contribution in [0.4, 0.5) is 0 Å². The van der Waals surface area contributed by atoms with Gasteiger partial charge in [0.25, 0.3) is 0 Å². The van der Waals surface area contributed by atoms with Crippen molar-refractivity contribution in [1.29, 1.82) is 0 Å². The second-order valence-electron chi connectivity index (χ2n) is 12.2. The third kappa shape index (κ3) is 3.06. The summed E-state index contributed by atoms with van der Waals surface area (Å²) < 4.78 is 19.2. The second kappa shape index (κ2) is 7.66. The lowest BCUT2D eigenvalue weighted by molar-refractivity contribution is -0.293. The number of rotatable bonds is 2. The molecule has 3 aliphatic heterocycles. The van der Waals surface area contributed by atoms with E-state index in [0.29, 0.717) is 42.5 Å². The van der Waals surface area contributed by atoms with Crippen molar-refractivity contribution >= 4 is 0 Å². The smallest absolute Gasteiger partial charge is 0.194 e. The molecule has 7 aliphatic rings. The van der Waals surface area contributed by atoms with Gasteiger partial charge in [-0.1, -0.05) is 6.92 Å². The molecule has 4 saturated carbocycles. The molecule has 5 nitrogen and oxygen atoms in total. The molecule has 0 aromatic heterocycles. The molecule has 9 atom stereocenters. The fourth-order valence-electron chi connectivity index (χ4n) is 9.75. The van der Waals surface area contributed by atoms with Gasteiger partial charge >= 0.3 is 0 Å². The van der Waals surface area contributed by atoms with Crippen LogP contribution in [0.15, 0.2) is 0 Å². The minimum absolute atomic E-state index is 0.0241. The summed E-state index contributed by atoms with van der Waals surface area (Å²) >= 11 is 0. The molecule has 31 heavy (non-hydrogen) atoms. The average molecular weight is 435 g/mol. The Morgan fingerprint density at radius 3 is 2.48 bits per heavy atom.